The maximum Gasteiger partial charge on any atom is 0.225 e. The molecule has 3 unspecified atom stereocenters. The largest absolute Gasteiger partial charge is 0.392 e. The van der Waals surface area contributed by atoms with Crippen molar-refractivity contribution in [2.75, 3.05) is 13.1 Å². The molecule has 0 spiro atoms. The normalized spacial score (nSPS) is 24.1. The second kappa shape index (κ2) is 7.05. The fourth-order valence-electron chi connectivity index (χ4n) is 2.55. The lowest BCUT2D eigenvalue weighted by Gasteiger charge is -2.37. The van der Waals surface area contributed by atoms with Crippen molar-refractivity contribution in [2.24, 2.45) is 5.92 Å². The molecule has 0 radical (unpaired) electrons. The van der Waals surface area contributed by atoms with E-state index in [-0.39, 0.29) is 30.5 Å². The zero-order valence-electron chi connectivity index (χ0n) is 13.0. The van der Waals surface area contributed by atoms with Crippen LogP contribution < -0.4 is 0 Å². The number of rotatable bonds is 4. The minimum Gasteiger partial charge on any atom is -0.392 e. The van der Waals surface area contributed by atoms with Gasteiger partial charge in [0.25, 0.3) is 0 Å². The summed E-state index contributed by atoms with van der Waals surface area (Å²) in [6.45, 7) is 6.97. The van der Waals surface area contributed by atoms with Gasteiger partial charge in [0.15, 0.2) is 0 Å². The average molecular weight is 291 g/mol. The van der Waals surface area contributed by atoms with Crippen molar-refractivity contribution < 1.29 is 14.6 Å². The molecule has 116 valence electrons. The molecular formula is C17H25NO3. The molecule has 1 aromatic carbocycles. The summed E-state index contributed by atoms with van der Waals surface area (Å²) in [5.41, 5.74) is 1.09. The number of carbonyl (C=O) groups is 1. The Hall–Kier alpha value is -1.39. The third kappa shape index (κ3) is 4.29. The van der Waals surface area contributed by atoms with Gasteiger partial charge in [-0.05, 0) is 18.4 Å². The second-order valence-electron chi connectivity index (χ2n) is 6.16. The number of benzene rings is 1. The van der Waals surface area contributed by atoms with Crippen LogP contribution >= 0.6 is 0 Å². The molecule has 0 aromatic heterocycles. The molecule has 1 fully saturated rings. The maximum absolute atomic E-state index is 12.3. The minimum absolute atomic E-state index is 0.00380. The first-order valence-corrected chi connectivity index (χ1v) is 7.63. The van der Waals surface area contributed by atoms with E-state index in [0.717, 1.165) is 5.56 Å². The molecule has 1 aliphatic rings. The summed E-state index contributed by atoms with van der Waals surface area (Å²) in [5.74, 6) is 0.101. The summed E-state index contributed by atoms with van der Waals surface area (Å²) in [4.78, 5) is 14.2. The minimum atomic E-state index is -0.578. The molecule has 2 rings (SSSR count). The standard InChI is InChI=1S/C17H25NO3/c1-12(2)15(19)9-17(20)18-10-13(3)21-16(11-18)14-7-5-4-6-8-14/h4-8,12-13,15-16,19H,9-11H2,1-3H3. The van der Waals surface area contributed by atoms with E-state index in [1.165, 1.54) is 0 Å². The third-order valence-corrected chi connectivity index (χ3v) is 3.94. The summed E-state index contributed by atoms with van der Waals surface area (Å²) in [7, 11) is 0. The predicted octanol–water partition coefficient (Wildman–Crippen LogP) is 2.38. The first kappa shape index (κ1) is 16.0. The van der Waals surface area contributed by atoms with Gasteiger partial charge < -0.3 is 14.7 Å². The number of amides is 1. The fraction of sp³-hybridized carbons (Fsp3) is 0.588. The topological polar surface area (TPSA) is 49.8 Å². The van der Waals surface area contributed by atoms with Gasteiger partial charge in [-0.2, -0.15) is 0 Å². The second-order valence-corrected chi connectivity index (χ2v) is 6.16. The lowest BCUT2D eigenvalue weighted by molar-refractivity contribution is -0.147. The Kier molecular flexibility index (Phi) is 5.37. The van der Waals surface area contributed by atoms with Gasteiger partial charge in [-0.15, -0.1) is 0 Å². The molecule has 1 aliphatic heterocycles. The van der Waals surface area contributed by atoms with Crippen molar-refractivity contribution >= 4 is 5.91 Å². The van der Waals surface area contributed by atoms with E-state index in [4.69, 9.17) is 4.74 Å². The molecule has 21 heavy (non-hydrogen) atoms. The van der Waals surface area contributed by atoms with Crippen molar-refractivity contribution in [1.82, 2.24) is 4.90 Å². The van der Waals surface area contributed by atoms with Crippen LogP contribution in [-0.4, -0.2) is 41.2 Å². The predicted molar refractivity (Wildman–Crippen MR) is 81.8 cm³/mol. The van der Waals surface area contributed by atoms with Crippen molar-refractivity contribution in [3.05, 3.63) is 35.9 Å². The lowest BCUT2D eigenvalue weighted by Crippen LogP contribution is -2.47. The highest BCUT2D eigenvalue weighted by atomic mass is 16.5. The molecule has 1 saturated heterocycles. The van der Waals surface area contributed by atoms with Gasteiger partial charge in [0, 0.05) is 6.54 Å². The van der Waals surface area contributed by atoms with E-state index >= 15 is 0 Å². The maximum atomic E-state index is 12.3. The fourth-order valence-corrected chi connectivity index (χ4v) is 2.55. The molecule has 0 saturated carbocycles. The van der Waals surface area contributed by atoms with E-state index in [1.54, 1.807) is 0 Å². The molecule has 4 nitrogen and oxygen atoms in total. The van der Waals surface area contributed by atoms with Gasteiger partial charge in [-0.3, -0.25) is 4.79 Å². The Morgan fingerprint density at radius 2 is 2.00 bits per heavy atom. The zero-order valence-corrected chi connectivity index (χ0v) is 13.0. The molecule has 0 aliphatic carbocycles. The molecular weight excluding hydrogens is 266 g/mol. The van der Waals surface area contributed by atoms with E-state index in [2.05, 4.69) is 0 Å². The Morgan fingerprint density at radius 1 is 1.33 bits per heavy atom. The molecule has 0 bridgehead atoms. The van der Waals surface area contributed by atoms with Crippen LogP contribution in [0.5, 0.6) is 0 Å². The van der Waals surface area contributed by atoms with Crippen LogP contribution in [0.25, 0.3) is 0 Å². The first-order chi connectivity index (χ1) is 9.97. The van der Waals surface area contributed by atoms with E-state index in [0.29, 0.717) is 13.1 Å². The Morgan fingerprint density at radius 3 is 2.62 bits per heavy atom. The smallest absolute Gasteiger partial charge is 0.225 e. The zero-order chi connectivity index (χ0) is 15.4. The Bertz CT molecular complexity index is 460. The van der Waals surface area contributed by atoms with Crippen molar-refractivity contribution in [3.63, 3.8) is 0 Å². The van der Waals surface area contributed by atoms with Crippen molar-refractivity contribution in [1.29, 1.82) is 0 Å². The average Bonchev–Trinajstić information content (AvgIpc) is 2.47. The van der Waals surface area contributed by atoms with Gasteiger partial charge in [0.05, 0.1) is 25.2 Å². The van der Waals surface area contributed by atoms with Crippen molar-refractivity contribution in [3.8, 4) is 0 Å². The number of aliphatic hydroxyl groups excluding tert-OH is 1. The molecule has 3 atom stereocenters. The number of hydrogen-bond acceptors (Lipinski definition) is 3. The van der Waals surface area contributed by atoms with E-state index in [9.17, 15) is 9.90 Å². The molecule has 4 heteroatoms. The summed E-state index contributed by atoms with van der Waals surface area (Å²) < 4.78 is 5.95. The summed E-state index contributed by atoms with van der Waals surface area (Å²) in [6, 6.07) is 9.97. The number of aliphatic hydroxyl groups is 1. The monoisotopic (exact) mass is 291 g/mol. The van der Waals surface area contributed by atoms with Gasteiger partial charge in [0.2, 0.25) is 5.91 Å². The highest BCUT2D eigenvalue weighted by Crippen LogP contribution is 2.25. The number of hydrogen-bond donors (Lipinski definition) is 1. The van der Waals surface area contributed by atoms with Gasteiger partial charge >= 0.3 is 0 Å². The molecule has 1 heterocycles. The molecule has 1 aromatic rings. The molecule has 1 amide bonds. The van der Waals surface area contributed by atoms with Crippen LogP contribution in [0.3, 0.4) is 0 Å². The summed E-state index contributed by atoms with van der Waals surface area (Å²) in [5, 5.41) is 9.90. The number of carbonyl (C=O) groups excluding carboxylic acids is 1. The van der Waals surface area contributed by atoms with Gasteiger partial charge in [0.1, 0.15) is 6.10 Å². The molecule has 1 N–H and O–H groups in total. The summed E-state index contributed by atoms with van der Waals surface area (Å²) in [6.07, 6.45) is -0.476. The van der Waals surface area contributed by atoms with Gasteiger partial charge in [-0.1, -0.05) is 44.2 Å². The first-order valence-electron chi connectivity index (χ1n) is 7.63. The van der Waals surface area contributed by atoms with Crippen LogP contribution in [0.4, 0.5) is 0 Å². The van der Waals surface area contributed by atoms with Crippen LogP contribution in [0.1, 0.15) is 38.9 Å². The lowest BCUT2D eigenvalue weighted by atomic mass is 10.0. The van der Waals surface area contributed by atoms with Crippen LogP contribution in [0, 0.1) is 5.92 Å². The van der Waals surface area contributed by atoms with E-state index < -0.39 is 6.10 Å². The van der Waals surface area contributed by atoms with E-state index in [1.807, 2.05) is 56.0 Å². The summed E-state index contributed by atoms with van der Waals surface area (Å²) >= 11 is 0. The Balaban J connectivity index is 2.02. The number of nitrogens with zero attached hydrogens (tertiary/aromatic N) is 1. The van der Waals surface area contributed by atoms with Crippen LogP contribution in [0.2, 0.25) is 0 Å². The Labute approximate surface area is 126 Å². The number of morpholine rings is 1. The van der Waals surface area contributed by atoms with Crippen molar-refractivity contribution in [2.45, 2.75) is 45.5 Å². The van der Waals surface area contributed by atoms with Gasteiger partial charge in [-0.25, -0.2) is 0 Å². The quantitative estimate of drug-likeness (QED) is 0.926. The van der Waals surface area contributed by atoms with Crippen LogP contribution in [0.15, 0.2) is 30.3 Å². The highest BCUT2D eigenvalue weighted by Gasteiger charge is 2.30. The third-order valence-electron chi connectivity index (χ3n) is 3.94. The SMILES string of the molecule is CC1CN(C(=O)CC(O)C(C)C)CC(c2ccccc2)O1. The van der Waals surface area contributed by atoms with Crippen LogP contribution in [-0.2, 0) is 9.53 Å². The highest BCUT2D eigenvalue weighted by molar-refractivity contribution is 5.77. The number of ether oxygens (including phenoxy) is 1.